The molecule has 2 N–H and O–H groups in total. The van der Waals surface area contributed by atoms with E-state index in [1.54, 1.807) is 50.3 Å². The molecule has 0 unspecified atom stereocenters. The fourth-order valence-corrected chi connectivity index (χ4v) is 6.22. The lowest BCUT2D eigenvalue weighted by atomic mass is 9.82. The summed E-state index contributed by atoms with van der Waals surface area (Å²) < 4.78 is 2.07. The van der Waals surface area contributed by atoms with Crippen LogP contribution in [0.5, 0.6) is 0 Å². The van der Waals surface area contributed by atoms with Crippen LogP contribution in [0.1, 0.15) is 59.5 Å². The van der Waals surface area contributed by atoms with Crippen molar-refractivity contribution >= 4 is 46.4 Å². The van der Waals surface area contributed by atoms with E-state index in [0.717, 1.165) is 53.9 Å². The first-order valence-electron chi connectivity index (χ1n) is 15.6. The summed E-state index contributed by atoms with van der Waals surface area (Å²) in [5.74, 6) is -1.39. The average molecular weight is 621 g/mol. The van der Waals surface area contributed by atoms with Crippen molar-refractivity contribution in [3.05, 3.63) is 95.6 Å². The van der Waals surface area contributed by atoms with Crippen molar-refractivity contribution in [3.8, 4) is 11.3 Å². The molecule has 3 aromatic carbocycles. The normalized spacial score (nSPS) is 13.5. The number of carbonyl (C=O) groups is 4. The van der Waals surface area contributed by atoms with Gasteiger partial charge in [0.05, 0.1) is 17.8 Å². The minimum atomic E-state index is -1.04. The number of nitrogens with zero attached hydrogens (tertiary/aromatic N) is 3. The zero-order valence-electron chi connectivity index (χ0n) is 26.5. The van der Waals surface area contributed by atoms with Gasteiger partial charge in [0.15, 0.2) is 0 Å². The molecule has 3 amide bonds. The van der Waals surface area contributed by atoms with Crippen LogP contribution in [-0.4, -0.2) is 70.9 Å². The van der Waals surface area contributed by atoms with E-state index < -0.39 is 5.97 Å². The smallest absolute Gasteiger partial charge is 0.328 e. The molecule has 238 valence electrons. The first-order chi connectivity index (χ1) is 22.1. The van der Waals surface area contributed by atoms with E-state index in [-0.39, 0.29) is 30.8 Å². The number of carbonyl (C=O) groups excluding carboxylic acids is 3. The second-order valence-corrected chi connectivity index (χ2v) is 12.1. The molecule has 5 rings (SSSR count). The van der Waals surface area contributed by atoms with Crippen LogP contribution in [0.2, 0.25) is 0 Å². The number of benzene rings is 3. The molecule has 0 atom stereocenters. The molecule has 0 radical (unpaired) electrons. The predicted molar refractivity (Wildman–Crippen MR) is 181 cm³/mol. The lowest BCUT2D eigenvalue weighted by molar-refractivity contribution is -0.131. The Morgan fingerprint density at radius 1 is 0.913 bits per heavy atom. The Morgan fingerprint density at radius 3 is 2.26 bits per heavy atom. The molecule has 0 bridgehead atoms. The Kier molecular flexibility index (Phi) is 10.0. The molecule has 1 saturated carbocycles. The van der Waals surface area contributed by atoms with Crippen molar-refractivity contribution in [1.29, 1.82) is 0 Å². The molecule has 0 aliphatic heterocycles. The van der Waals surface area contributed by atoms with E-state index in [1.165, 1.54) is 23.0 Å². The van der Waals surface area contributed by atoms with E-state index in [4.69, 9.17) is 5.11 Å². The fraction of sp³-hybridized carbons (Fsp3) is 0.297. The number of fused-ring (bicyclic) bond motifs is 1. The molecule has 1 aliphatic rings. The van der Waals surface area contributed by atoms with Crippen molar-refractivity contribution in [2.45, 2.75) is 44.6 Å². The van der Waals surface area contributed by atoms with Gasteiger partial charge in [-0.15, -0.1) is 0 Å². The molecular weight excluding hydrogens is 580 g/mol. The van der Waals surface area contributed by atoms with Gasteiger partial charge in [-0.25, -0.2) is 4.79 Å². The molecule has 0 spiro atoms. The highest BCUT2D eigenvalue weighted by Gasteiger charge is 2.28. The molecular formula is C37H40N4O5. The lowest BCUT2D eigenvalue weighted by Crippen LogP contribution is -2.35. The maximum atomic E-state index is 13.7. The summed E-state index contributed by atoms with van der Waals surface area (Å²) >= 11 is 0. The lowest BCUT2D eigenvalue weighted by Gasteiger charge is -2.24. The highest BCUT2D eigenvalue weighted by Crippen LogP contribution is 2.44. The molecule has 1 heterocycles. The number of hydrogen-bond donors (Lipinski definition) is 2. The summed E-state index contributed by atoms with van der Waals surface area (Å²) in [5.41, 5.74) is 5.79. The van der Waals surface area contributed by atoms with E-state index in [1.807, 2.05) is 36.4 Å². The SMILES string of the molecule is CN(C)C(=O)Cn1c(-c2ccccc2)c(C2CCCCC2)c2ccc(C(=O)N(C)CC(=O)Nc3ccc(/C=C/C(=O)O)cc3)cc21. The Hall–Kier alpha value is -5.18. The predicted octanol–water partition coefficient (Wildman–Crippen LogP) is 6.25. The summed E-state index contributed by atoms with van der Waals surface area (Å²) in [6.07, 6.45) is 8.23. The Bertz CT molecular complexity index is 1770. The van der Waals surface area contributed by atoms with Crippen LogP contribution in [0, 0.1) is 0 Å². The highest BCUT2D eigenvalue weighted by atomic mass is 16.4. The Morgan fingerprint density at radius 2 is 1.61 bits per heavy atom. The number of aliphatic carboxylic acids is 1. The first-order valence-corrected chi connectivity index (χ1v) is 15.6. The van der Waals surface area contributed by atoms with Gasteiger partial charge in [0.2, 0.25) is 11.8 Å². The van der Waals surface area contributed by atoms with E-state index >= 15 is 0 Å². The van der Waals surface area contributed by atoms with Gasteiger partial charge < -0.3 is 24.8 Å². The van der Waals surface area contributed by atoms with Gasteiger partial charge in [0.1, 0.15) is 6.54 Å². The molecule has 4 aromatic rings. The molecule has 46 heavy (non-hydrogen) atoms. The molecule has 9 heteroatoms. The summed E-state index contributed by atoms with van der Waals surface area (Å²) in [6, 6.07) is 22.6. The number of nitrogens with one attached hydrogen (secondary N) is 1. The topological polar surface area (TPSA) is 112 Å². The molecule has 0 saturated heterocycles. The minimum Gasteiger partial charge on any atom is -0.478 e. The number of anilines is 1. The van der Waals surface area contributed by atoms with Crippen LogP contribution in [0.15, 0.2) is 78.9 Å². The summed E-state index contributed by atoms with van der Waals surface area (Å²) in [4.78, 5) is 53.4. The summed E-state index contributed by atoms with van der Waals surface area (Å²) in [6.45, 7) is -0.0263. The molecule has 1 aromatic heterocycles. The van der Waals surface area contributed by atoms with Crippen molar-refractivity contribution in [3.63, 3.8) is 0 Å². The molecule has 1 aliphatic carbocycles. The number of amides is 3. The van der Waals surface area contributed by atoms with Gasteiger partial charge in [-0.2, -0.15) is 0 Å². The Balaban J connectivity index is 1.45. The van der Waals surface area contributed by atoms with E-state index in [0.29, 0.717) is 22.7 Å². The summed E-state index contributed by atoms with van der Waals surface area (Å²) in [7, 11) is 5.08. The monoisotopic (exact) mass is 620 g/mol. The van der Waals surface area contributed by atoms with Gasteiger partial charge in [0.25, 0.3) is 5.91 Å². The minimum absolute atomic E-state index is 0.0410. The maximum absolute atomic E-state index is 13.7. The van der Waals surface area contributed by atoms with Gasteiger partial charge in [-0.1, -0.05) is 67.8 Å². The first kappa shape index (κ1) is 32.2. The molecule has 1 fully saturated rings. The largest absolute Gasteiger partial charge is 0.478 e. The molecule has 9 nitrogen and oxygen atoms in total. The number of carboxylic acid groups (broad SMARTS) is 1. The van der Waals surface area contributed by atoms with Crippen LogP contribution >= 0.6 is 0 Å². The number of carboxylic acids is 1. The third-order valence-corrected chi connectivity index (χ3v) is 8.54. The van der Waals surface area contributed by atoms with Crippen LogP contribution in [0.3, 0.4) is 0 Å². The zero-order valence-corrected chi connectivity index (χ0v) is 26.5. The van der Waals surface area contributed by atoms with E-state index in [9.17, 15) is 19.2 Å². The number of likely N-dealkylation sites (N-methyl/N-ethyl adjacent to an activating group) is 2. The van der Waals surface area contributed by atoms with Crippen molar-refractivity contribution < 1.29 is 24.3 Å². The van der Waals surface area contributed by atoms with Crippen molar-refractivity contribution in [2.75, 3.05) is 33.0 Å². The zero-order chi connectivity index (χ0) is 32.8. The highest BCUT2D eigenvalue weighted by molar-refractivity contribution is 6.03. The van der Waals surface area contributed by atoms with Gasteiger partial charge in [-0.3, -0.25) is 14.4 Å². The van der Waals surface area contributed by atoms with Crippen LogP contribution < -0.4 is 5.32 Å². The second-order valence-electron chi connectivity index (χ2n) is 12.1. The van der Waals surface area contributed by atoms with Crippen molar-refractivity contribution in [2.24, 2.45) is 0 Å². The number of hydrogen-bond acceptors (Lipinski definition) is 4. The maximum Gasteiger partial charge on any atom is 0.328 e. The summed E-state index contributed by atoms with van der Waals surface area (Å²) in [5, 5.41) is 12.6. The number of rotatable bonds is 10. The quantitative estimate of drug-likeness (QED) is 0.204. The fourth-order valence-electron chi connectivity index (χ4n) is 6.22. The third-order valence-electron chi connectivity index (χ3n) is 8.54. The Labute approximate surface area is 269 Å². The van der Waals surface area contributed by atoms with Gasteiger partial charge >= 0.3 is 5.97 Å². The van der Waals surface area contributed by atoms with Gasteiger partial charge in [-0.05, 0) is 65.8 Å². The second kappa shape index (κ2) is 14.3. The standard InChI is InChI=1S/C37H40N4O5/c1-39(2)33(43)24-41-31-22-28(37(46)40(3)23-32(42)38-29-18-14-25(15-19-29)16-21-34(44)45)17-20-30(31)35(26-10-6-4-7-11-26)36(41)27-12-8-5-9-13-27/h5,8-9,12-22,26H,4,6-7,10-11,23-24H2,1-3H3,(H,38,42)(H,44,45)/b21-16+. The van der Waals surface area contributed by atoms with E-state index in [2.05, 4.69) is 22.0 Å². The average Bonchev–Trinajstić information content (AvgIpc) is 3.37. The third kappa shape index (κ3) is 7.37. The van der Waals surface area contributed by atoms with Gasteiger partial charge in [0, 0.05) is 43.9 Å². The van der Waals surface area contributed by atoms with Crippen LogP contribution in [0.25, 0.3) is 28.2 Å². The van der Waals surface area contributed by atoms with Crippen LogP contribution in [-0.2, 0) is 20.9 Å². The van der Waals surface area contributed by atoms with Crippen molar-refractivity contribution in [1.82, 2.24) is 14.4 Å². The number of aromatic nitrogens is 1. The van der Waals surface area contributed by atoms with Crippen LogP contribution in [0.4, 0.5) is 5.69 Å².